The monoisotopic (exact) mass is 340 g/mol. The summed E-state index contributed by atoms with van der Waals surface area (Å²) in [5.74, 6) is -0.316. The molecule has 1 atom stereocenters. The molecule has 2 rings (SSSR count). The van der Waals surface area contributed by atoms with Crippen LogP contribution in [-0.4, -0.2) is 26.3 Å². The Labute approximate surface area is 135 Å². The minimum Gasteiger partial charge on any atom is -0.337 e. The molecule has 1 aliphatic carbocycles. The van der Waals surface area contributed by atoms with Gasteiger partial charge in [0.2, 0.25) is 5.91 Å². The smallest absolute Gasteiger partial charge is 0.221 e. The van der Waals surface area contributed by atoms with Gasteiger partial charge in [0.05, 0.1) is 11.8 Å². The van der Waals surface area contributed by atoms with Gasteiger partial charge in [-0.2, -0.15) is 5.26 Å². The molecule has 0 radical (unpaired) electrons. The van der Waals surface area contributed by atoms with Gasteiger partial charge in [-0.05, 0) is 24.3 Å². The number of amides is 1. The topological polar surface area (TPSA) is 87.0 Å². The second kappa shape index (κ2) is 6.27. The van der Waals surface area contributed by atoms with E-state index in [0.717, 1.165) is 12.8 Å². The van der Waals surface area contributed by atoms with Crippen molar-refractivity contribution in [2.24, 2.45) is 5.41 Å². The second-order valence-electron chi connectivity index (χ2n) is 5.90. The zero-order valence-electron chi connectivity index (χ0n) is 12.2. The van der Waals surface area contributed by atoms with E-state index in [0.29, 0.717) is 10.6 Å². The van der Waals surface area contributed by atoms with Crippen LogP contribution >= 0.6 is 11.6 Å². The quantitative estimate of drug-likeness (QED) is 0.860. The summed E-state index contributed by atoms with van der Waals surface area (Å²) in [6.07, 6.45) is 2.73. The molecule has 0 bridgehead atoms. The third-order valence-corrected chi connectivity index (χ3v) is 5.19. The predicted molar refractivity (Wildman–Crippen MR) is 83.9 cm³/mol. The summed E-state index contributed by atoms with van der Waals surface area (Å²) >= 11 is 6.03. The van der Waals surface area contributed by atoms with Gasteiger partial charge >= 0.3 is 0 Å². The van der Waals surface area contributed by atoms with E-state index >= 15 is 0 Å². The molecule has 7 heteroatoms. The van der Waals surface area contributed by atoms with Crippen LogP contribution in [0, 0.1) is 16.7 Å². The molecule has 1 amide bonds. The van der Waals surface area contributed by atoms with Crippen LogP contribution in [0.4, 0.5) is 0 Å². The molecule has 1 aromatic rings. The highest BCUT2D eigenvalue weighted by Crippen LogP contribution is 2.49. The first-order chi connectivity index (χ1) is 10.2. The van der Waals surface area contributed by atoms with Crippen LogP contribution in [0.25, 0.3) is 0 Å². The zero-order valence-corrected chi connectivity index (χ0v) is 13.7. The van der Waals surface area contributed by atoms with Crippen LogP contribution < -0.4 is 5.32 Å². The van der Waals surface area contributed by atoms with E-state index in [2.05, 4.69) is 5.32 Å². The van der Waals surface area contributed by atoms with Crippen LogP contribution in [-0.2, 0) is 14.6 Å². The van der Waals surface area contributed by atoms with Gasteiger partial charge in [-0.3, -0.25) is 4.79 Å². The van der Waals surface area contributed by atoms with Crippen LogP contribution in [0.3, 0.4) is 0 Å². The van der Waals surface area contributed by atoms with Gasteiger partial charge in [-0.25, -0.2) is 8.42 Å². The minimum atomic E-state index is -3.12. The molecule has 1 saturated carbocycles. The Bertz CT molecular complexity index is 721. The summed E-state index contributed by atoms with van der Waals surface area (Å²) in [6.45, 7) is 0. The molecule has 0 spiro atoms. The summed E-state index contributed by atoms with van der Waals surface area (Å²) in [5.41, 5.74) is 0.0750. The van der Waals surface area contributed by atoms with Crippen molar-refractivity contribution in [2.75, 3.05) is 12.0 Å². The molecule has 5 nitrogen and oxygen atoms in total. The number of carbonyl (C=O) groups excluding carboxylic acids is 1. The fraction of sp³-hybridized carbons (Fsp3) is 0.467. The Kier molecular flexibility index (Phi) is 4.78. The first-order valence-electron chi connectivity index (χ1n) is 6.86. The number of nitrogens with zero attached hydrogens (tertiary/aromatic N) is 1. The first-order valence-corrected chi connectivity index (χ1v) is 9.30. The summed E-state index contributed by atoms with van der Waals surface area (Å²) in [6, 6.07) is 7.99. The number of nitrogens with one attached hydrogen (secondary N) is 1. The van der Waals surface area contributed by atoms with Crippen molar-refractivity contribution in [3.05, 3.63) is 34.9 Å². The lowest BCUT2D eigenvalue weighted by Crippen LogP contribution is -2.31. The number of nitriles is 1. The lowest BCUT2D eigenvalue weighted by Gasteiger charge is -2.17. The molecule has 0 aromatic heterocycles. The third-order valence-electron chi connectivity index (χ3n) is 3.71. The van der Waals surface area contributed by atoms with Gasteiger partial charge in [0.15, 0.2) is 0 Å². The summed E-state index contributed by atoms with van der Waals surface area (Å²) < 4.78 is 22.8. The largest absolute Gasteiger partial charge is 0.337 e. The molecular weight excluding hydrogens is 324 g/mol. The maximum absolute atomic E-state index is 12.1. The summed E-state index contributed by atoms with van der Waals surface area (Å²) in [7, 11) is -3.12. The number of halogens is 1. The first kappa shape index (κ1) is 16.8. The Balaban J connectivity index is 2.03. The summed E-state index contributed by atoms with van der Waals surface area (Å²) in [5, 5.41) is 12.3. The number of sulfone groups is 1. The van der Waals surface area contributed by atoms with Crippen molar-refractivity contribution in [1.29, 1.82) is 5.26 Å². The van der Waals surface area contributed by atoms with E-state index in [1.54, 1.807) is 24.3 Å². The molecule has 0 unspecified atom stereocenters. The van der Waals surface area contributed by atoms with Gasteiger partial charge in [0.1, 0.15) is 15.9 Å². The average molecular weight is 341 g/mol. The predicted octanol–water partition coefficient (Wildman–Crippen LogP) is 2.24. The second-order valence-corrected chi connectivity index (χ2v) is 8.45. The maximum Gasteiger partial charge on any atom is 0.221 e. The maximum atomic E-state index is 12.1. The van der Waals surface area contributed by atoms with E-state index < -0.39 is 21.3 Å². The van der Waals surface area contributed by atoms with E-state index in [9.17, 15) is 18.5 Å². The van der Waals surface area contributed by atoms with Crippen molar-refractivity contribution in [3.8, 4) is 6.07 Å². The average Bonchev–Trinajstić information content (AvgIpc) is 3.13. The van der Waals surface area contributed by atoms with E-state index in [1.165, 1.54) is 6.26 Å². The van der Waals surface area contributed by atoms with Crippen molar-refractivity contribution >= 4 is 27.3 Å². The van der Waals surface area contributed by atoms with Crippen LogP contribution in [0.5, 0.6) is 0 Å². The third kappa shape index (κ3) is 4.46. The van der Waals surface area contributed by atoms with Gasteiger partial charge in [-0.15, -0.1) is 0 Å². The Morgan fingerprint density at radius 2 is 2.09 bits per heavy atom. The van der Waals surface area contributed by atoms with Crippen molar-refractivity contribution in [3.63, 3.8) is 0 Å². The van der Waals surface area contributed by atoms with Crippen LogP contribution in [0.15, 0.2) is 24.3 Å². The Morgan fingerprint density at radius 1 is 1.45 bits per heavy atom. The molecule has 1 N–H and O–H groups in total. The minimum absolute atomic E-state index is 0.0106. The molecule has 22 heavy (non-hydrogen) atoms. The molecule has 1 aromatic carbocycles. The molecule has 118 valence electrons. The highest BCUT2D eigenvalue weighted by atomic mass is 35.5. The van der Waals surface area contributed by atoms with Crippen molar-refractivity contribution in [2.45, 2.75) is 25.3 Å². The summed E-state index contributed by atoms with van der Waals surface area (Å²) in [4.78, 5) is 12.1. The highest BCUT2D eigenvalue weighted by molar-refractivity contribution is 7.90. The lowest BCUT2D eigenvalue weighted by molar-refractivity contribution is -0.122. The molecule has 0 aliphatic heterocycles. The number of hydrogen-bond acceptors (Lipinski definition) is 4. The van der Waals surface area contributed by atoms with Crippen molar-refractivity contribution in [1.82, 2.24) is 5.32 Å². The number of hydrogen-bond donors (Lipinski definition) is 1. The highest BCUT2D eigenvalue weighted by Gasteiger charge is 2.46. The molecule has 1 fully saturated rings. The van der Waals surface area contributed by atoms with Gasteiger partial charge in [0.25, 0.3) is 0 Å². The lowest BCUT2D eigenvalue weighted by atomic mass is 10.0. The van der Waals surface area contributed by atoms with Crippen LogP contribution in [0.1, 0.15) is 30.9 Å². The normalized spacial score (nSPS) is 17.3. The standard InChI is InChI=1S/C15H17ClN2O3S/c1-22(20,21)10-15(6-7-15)8-14(19)18-13(9-17)11-4-2-3-5-12(11)16/h2-5,13H,6-8,10H2,1H3,(H,18,19)/t13-/m0/s1. The van der Waals surface area contributed by atoms with Gasteiger partial charge in [0, 0.05) is 23.3 Å². The van der Waals surface area contributed by atoms with E-state index in [1.807, 2.05) is 6.07 Å². The Hall–Kier alpha value is -1.58. The molecular formula is C15H17ClN2O3S. The fourth-order valence-corrected chi connectivity index (χ4v) is 4.29. The SMILES string of the molecule is CS(=O)(=O)CC1(CC(=O)N[C@@H](C#N)c2ccccc2Cl)CC1. The van der Waals surface area contributed by atoms with Gasteiger partial charge in [-0.1, -0.05) is 29.8 Å². The van der Waals surface area contributed by atoms with Gasteiger partial charge < -0.3 is 5.32 Å². The Morgan fingerprint density at radius 3 is 2.59 bits per heavy atom. The molecule has 1 aliphatic rings. The molecule has 0 heterocycles. The van der Waals surface area contributed by atoms with Crippen LogP contribution in [0.2, 0.25) is 5.02 Å². The number of rotatable bonds is 6. The van der Waals surface area contributed by atoms with E-state index in [-0.39, 0.29) is 18.1 Å². The van der Waals surface area contributed by atoms with E-state index in [4.69, 9.17) is 11.6 Å². The molecule has 0 saturated heterocycles. The number of carbonyl (C=O) groups is 1. The zero-order chi connectivity index (χ0) is 16.4. The van der Waals surface area contributed by atoms with Crippen molar-refractivity contribution < 1.29 is 13.2 Å². The fourth-order valence-electron chi connectivity index (χ4n) is 2.55. The number of benzene rings is 1.